The molecule has 9 nitrogen and oxygen atoms in total. The normalized spacial score (nSPS) is 47.1. The van der Waals surface area contributed by atoms with Gasteiger partial charge in [-0.1, -0.05) is 0 Å². The van der Waals surface area contributed by atoms with Crippen LogP contribution in [0.2, 0.25) is 0 Å². The predicted molar refractivity (Wildman–Crippen MR) is 65.7 cm³/mol. The second kappa shape index (κ2) is 6.99. The van der Waals surface area contributed by atoms with E-state index in [-0.39, 0.29) is 0 Å². The van der Waals surface area contributed by atoms with E-state index in [0.717, 1.165) is 0 Å². The van der Waals surface area contributed by atoms with Crippen LogP contribution in [0.15, 0.2) is 12.3 Å². The largest absolute Gasteiger partial charge is 0.493 e. The maximum atomic E-state index is 9.85. The number of hydrogen-bond donors (Lipinski definition) is 6. The van der Waals surface area contributed by atoms with Crippen LogP contribution in [0.3, 0.4) is 0 Å². The quantitative estimate of drug-likeness (QED) is 0.310. The molecular weight excluding hydrogens is 288 g/mol. The Hall–Kier alpha value is -0.780. The van der Waals surface area contributed by atoms with E-state index in [4.69, 9.17) is 19.3 Å². The van der Waals surface area contributed by atoms with E-state index >= 15 is 0 Å². The van der Waals surface area contributed by atoms with Crippen molar-refractivity contribution in [2.75, 3.05) is 13.2 Å². The molecule has 21 heavy (non-hydrogen) atoms. The SMILES string of the molecule is OC[C@H]1OC(O[C@H]2[C@H](O)C=CO[C@@H]2CO)[C@H](O)[C@@H](O)[C@H]1O. The van der Waals surface area contributed by atoms with E-state index in [0.29, 0.717) is 0 Å². The van der Waals surface area contributed by atoms with E-state index in [1.165, 1.54) is 12.3 Å². The first-order valence-electron chi connectivity index (χ1n) is 6.56. The summed E-state index contributed by atoms with van der Waals surface area (Å²) in [6, 6.07) is 0. The molecule has 8 atom stereocenters. The summed E-state index contributed by atoms with van der Waals surface area (Å²) in [6.45, 7) is -1.03. The third-order valence-electron chi connectivity index (χ3n) is 3.55. The first kappa shape index (κ1) is 16.6. The fourth-order valence-electron chi connectivity index (χ4n) is 2.28. The summed E-state index contributed by atoms with van der Waals surface area (Å²) in [6.07, 6.45) is -7.68. The Morgan fingerprint density at radius 3 is 2.19 bits per heavy atom. The average molecular weight is 308 g/mol. The summed E-state index contributed by atoms with van der Waals surface area (Å²) in [5.41, 5.74) is 0. The van der Waals surface area contributed by atoms with Crippen molar-refractivity contribution < 1.29 is 44.8 Å². The third kappa shape index (κ3) is 3.35. The highest BCUT2D eigenvalue weighted by atomic mass is 16.7. The van der Waals surface area contributed by atoms with E-state index in [1.54, 1.807) is 0 Å². The number of hydrogen-bond acceptors (Lipinski definition) is 9. The topological polar surface area (TPSA) is 149 Å². The van der Waals surface area contributed by atoms with Gasteiger partial charge in [-0.3, -0.25) is 0 Å². The third-order valence-corrected chi connectivity index (χ3v) is 3.55. The molecule has 1 saturated heterocycles. The van der Waals surface area contributed by atoms with E-state index in [1.807, 2.05) is 0 Å². The van der Waals surface area contributed by atoms with Crippen molar-refractivity contribution >= 4 is 0 Å². The van der Waals surface area contributed by atoms with Gasteiger partial charge in [-0.2, -0.15) is 0 Å². The van der Waals surface area contributed by atoms with Gasteiger partial charge < -0.3 is 44.8 Å². The molecule has 2 aliphatic rings. The highest BCUT2D eigenvalue weighted by molar-refractivity contribution is 4.99. The highest BCUT2D eigenvalue weighted by Gasteiger charge is 2.46. The van der Waals surface area contributed by atoms with Crippen LogP contribution >= 0.6 is 0 Å². The van der Waals surface area contributed by atoms with Crippen molar-refractivity contribution in [2.24, 2.45) is 0 Å². The Kier molecular flexibility index (Phi) is 5.52. The minimum absolute atomic E-state index is 0.441. The van der Waals surface area contributed by atoms with Crippen molar-refractivity contribution in [3.05, 3.63) is 12.3 Å². The molecule has 1 unspecified atom stereocenters. The van der Waals surface area contributed by atoms with E-state index < -0.39 is 62.2 Å². The van der Waals surface area contributed by atoms with Crippen LogP contribution in [0.4, 0.5) is 0 Å². The van der Waals surface area contributed by atoms with Gasteiger partial charge in [-0.15, -0.1) is 0 Å². The second-order valence-corrected chi connectivity index (χ2v) is 4.97. The van der Waals surface area contributed by atoms with Gasteiger partial charge in [0.2, 0.25) is 0 Å². The number of aliphatic hydroxyl groups excluding tert-OH is 6. The number of rotatable bonds is 4. The van der Waals surface area contributed by atoms with Crippen molar-refractivity contribution in [2.45, 2.75) is 49.0 Å². The van der Waals surface area contributed by atoms with Crippen LogP contribution < -0.4 is 0 Å². The molecule has 0 amide bonds. The van der Waals surface area contributed by atoms with Crippen LogP contribution in [0.1, 0.15) is 0 Å². The van der Waals surface area contributed by atoms with Gasteiger partial charge in [0.25, 0.3) is 0 Å². The zero-order valence-corrected chi connectivity index (χ0v) is 11.1. The fraction of sp³-hybridized carbons (Fsp3) is 0.833. The zero-order valence-electron chi connectivity index (χ0n) is 11.1. The van der Waals surface area contributed by atoms with Gasteiger partial charge in [-0.25, -0.2) is 0 Å². The molecule has 0 spiro atoms. The minimum Gasteiger partial charge on any atom is -0.493 e. The molecule has 0 aromatic heterocycles. The molecule has 0 aromatic carbocycles. The van der Waals surface area contributed by atoms with E-state index in [2.05, 4.69) is 0 Å². The molecule has 2 heterocycles. The monoisotopic (exact) mass is 308 g/mol. The van der Waals surface area contributed by atoms with Crippen molar-refractivity contribution in [1.82, 2.24) is 0 Å². The van der Waals surface area contributed by atoms with Gasteiger partial charge in [0.15, 0.2) is 6.29 Å². The van der Waals surface area contributed by atoms with Gasteiger partial charge in [0.1, 0.15) is 42.7 Å². The molecule has 0 radical (unpaired) electrons. The molecule has 6 N–H and O–H groups in total. The first-order chi connectivity index (χ1) is 9.99. The molecule has 0 aromatic rings. The van der Waals surface area contributed by atoms with Crippen molar-refractivity contribution in [1.29, 1.82) is 0 Å². The number of ether oxygens (including phenoxy) is 3. The molecule has 0 aliphatic carbocycles. The average Bonchev–Trinajstić information content (AvgIpc) is 2.49. The van der Waals surface area contributed by atoms with Crippen molar-refractivity contribution in [3.63, 3.8) is 0 Å². The molecule has 1 fully saturated rings. The molecular formula is C12H20O9. The van der Waals surface area contributed by atoms with Crippen LogP contribution in [0, 0.1) is 0 Å². The lowest BCUT2D eigenvalue weighted by Crippen LogP contribution is -2.61. The Morgan fingerprint density at radius 1 is 0.905 bits per heavy atom. The van der Waals surface area contributed by atoms with Crippen LogP contribution in [0.5, 0.6) is 0 Å². The lowest BCUT2D eigenvalue weighted by atomic mass is 9.99. The second-order valence-electron chi connectivity index (χ2n) is 4.97. The van der Waals surface area contributed by atoms with Gasteiger partial charge >= 0.3 is 0 Å². The molecule has 2 rings (SSSR count). The minimum atomic E-state index is -1.58. The maximum Gasteiger partial charge on any atom is 0.187 e. The molecule has 0 bridgehead atoms. The van der Waals surface area contributed by atoms with Gasteiger partial charge in [0, 0.05) is 0 Å². The van der Waals surface area contributed by atoms with Crippen LogP contribution in [0.25, 0.3) is 0 Å². The standard InChI is InChI=1S/C12H20O9/c13-3-6-8(16)9(17)10(18)12(20-6)21-11-5(15)1-2-19-7(11)4-14/h1-2,5-18H,3-4H2/t5-,6-,7-,8+,9+,10-,11+,12?/m1/s1. The summed E-state index contributed by atoms with van der Waals surface area (Å²) in [7, 11) is 0. The number of aliphatic hydroxyl groups is 6. The fourth-order valence-corrected chi connectivity index (χ4v) is 2.28. The smallest absolute Gasteiger partial charge is 0.187 e. The molecule has 0 saturated carbocycles. The highest BCUT2D eigenvalue weighted by Crippen LogP contribution is 2.26. The Balaban J connectivity index is 2.08. The van der Waals surface area contributed by atoms with Crippen molar-refractivity contribution in [3.8, 4) is 0 Å². The summed E-state index contributed by atoms with van der Waals surface area (Å²) in [5, 5.41) is 57.3. The summed E-state index contributed by atoms with van der Waals surface area (Å²) < 4.78 is 15.6. The van der Waals surface area contributed by atoms with Crippen LogP contribution in [-0.4, -0.2) is 92.9 Å². The Labute approximate surface area is 120 Å². The lowest BCUT2D eigenvalue weighted by molar-refractivity contribution is -0.324. The zero-order chi connectivity index (χ0) is 15.6. The van der Waals surface area contributed by atoms with Gasteiger partial charge in [0.05, 0.1) is 19.5 Å². The summed E-state index contributed by atoms with van der Waals surface area (Å²) in [4.78, 5) is 0. The summed E-state index contributed by atoms with van der Waals surface area (Å²) >= 11 is 0. The van der Waals surface area contributed by atoms with Crippen LogP contribution in [-0.2, 0) is 14.2 Å². The molecule has 9 heteroatoms. The van der Waals surface area contributed by atoms with Gasteiger partial charge in [-0.05, 0) is 6.08 Å². The van der Waals surface area contributed by atoms with E-state index in [9.17, 15) is 25.5 Å². The first-order valence-corrected chi connectivity index (χ1v) is 6.56. The maximum absolute atomic E-state index is 9.85. The Morgan fingerprint density at radius 2 is 1.57 bits per heavy atom. The Bertz CT molecular complexity index is 361. The molecule has 2 aliphatic heterocycles. The summed E-state index contributed by atoms with van der Waals surface area (Å²) in [5.74, 6) is 0. The molecule has 122 valence electrons. The lowest BCUT2D eigenvalue weighted by Gasteiger charge is -2.42. The predicted octanol–water partition coefficient (Wildman–Crippen LogP) is -3.56.